The Kier molecular flexibility index (Phi) is 59.2. The zero-order valence-electron chi connectivity index (χ0n) is 49.4. The molecule has 442 valence electrons. The van der Waals surface area contributed by atoms with Crippen LogP contribution in [0, 0.1) is 0 Å². The average molecular weight is 1090 g/mol. The SMILES string of the molecule is CC/C=C\C/C=C\C/C=C\C/C=C\C/C=C\C/C=C\CCCCCCCCC(=O)OC(COC(=O)CCCCCCCCCCCCCCCCCC/C=C\C/C=C\C/C=C\CCCCCCC)COP(=O)(O)OCCN. The van der Waals surface area contributed by atoms with Crippen molar-refractivity contribution in [1.29, 1.82) is 0 Å². The van der Waals surface area contributed by atoms with Gasteiger partial charge in [0.05, 0.1) is 13.2 Å². The van der Waals surface area contributed by atoms with Gasteiger partial charge in [-0.1, -0.05) is 264 Å². The molecule has 9 nitrogen and oxygen atoms in total. The summed E-state index contributed by atoms with van der Waals surface area (Å²) >= 11 is 0. The fourth-order valence-electron chi connectivity index (χ4n) is 8.53. The Bertz CT molecular complexity index is 1630. The molecule has 0 aromatic rings. The number of esters is 2. The molecule has 0 saturated heterocycles. The van der Waals surface area contributed by atoms with Gasteiger partial charge in [-0.05, 0) is 103 Å². The number of phosphoric ester groups is 1. The highest BCUT2D eigenvalue weighted by Crippen LogP contribution is 2.43. The van der Waals surface area contributed by atoms with Crippen LogP contribution in [0.1, 0.15) is 271 Å². The predicted molar refractivity (Wildman–Crippen MR) is 330 cm³/mol. The summed E-state index contributed by atoms with van der Waals surface area (Å²) in [7, 11) is -4.40. The Hall–Kier alpha value is -3.33. The highest BCUT2D eigenvalue weighted by molar-refractivity contribution is 7.47. The molecule has 0 aliphatic rings. The fraction of sp³-hybridized carbons (Fsp3) is 0.701. The highest BCUT2D eigenvalue weighted by Gasteiger charge is 2.26. The first-order chi connectivity index (χ1) is 37.8. The average Bonchev–Trinajstić information content (AvgIpc) is 3.42. The lowest BCUT2D eigenvalue weighted by Crippen LogP contribution is -2.29. The third-order valence-electron chi connectivity index (χ3n) is 13.1. The summed E-state index contributed by atoms with van der Waals surface area (Å²) in [5.74, 6) is -0.845. The van der Waals surface area contributed by atoms with Gasteiger partial charge in [0.2, 0.25) is 0 Å². The van der Waals surface area contributed by atoms with E-state index >= 15 is 0 Å². The molecule has 0 aromatic heterocycles. The van der Waals surface area contributed by atoms with Crippen LogP contribution in [0.3, 0.4) is 0 Å². The molecule has 0 radical (unpaired) electrons. The first kappa shape index (κ1) is 73.7. The molecule has 0 fully saturated rings. The van der Waals surface area contributed by atoms with Crippen LogP contribution in [0.2, 0.25) is 0 Å². The van der Waals surface area contributed by atoms with Crippen molar-refractivity contribution in [2.75, 3.05) is 26.4 Å². The molecule has 0 aromatic carbocycles. The molecular formula is C67H116NO8P. The quantitative estimate of drug-likeness (QED) is 0.0264. The number of hydrogen-bond acceptors (Lipinski definition) is 8. The van der Waals surface area contributed by atoms with E-state index in [1.54, 1.807) is 0 Å². The molecule has 2 atom stereocenters. The Balaban J connectivity index is 3.97. The van der Waals surface area contributed by atoms with Crippen molar-refractivity contribution >= 4 is 19.8 Å². The van der Waals surface area contributed by atoms with Gasteiger partial charge < -0.3 is 20.1 Å². The van der Waals surface area contributed by atoms with E-state index in [1.807, 2.05) is 0 Å². The number of carbonyl (C=O) groups is 2. The van der Waals surface area contributed by atoms with Crippen molar-refractivity contribution in [2.24, 2.45) is 5.73 Å². The van der Waals surface area contributed by atoms with E-state index in [0.717, 1.165) is 109 Å². The zero-order valence-corrected chi connectivity index (χ0v) is 50.3. The minimum absolute atomic E-state index is 0.0459. The summed E-state index contributed by atoms with van der Waals surface area (Å²) in [6.07, 6.45) is 84.4. The number of carbonyl (C=O) groups excluding carboxylic acids is 2. The monoisotopic (exact) mass is 1090 g/mol. The van der Waals surface area contributed by atoms with Gasteiger partial charge in [0, 0.05) is 19.4 Å². The van der Waals surface area contributed by atoms with E-state index in [4.69, 9.17) is 24.3 Å². The van der Waals surface area contributed by atoms with Crippen molar-refractivity contribution in [3.05, 3.63) is 109 Å². The first-order valence-corrected chi connectivity index (χ1v) is 32.9. The van der Waals surface area contributed by atoms with Crippen molar-refractivity contribution in [1.82, 2.24) is 0 Å². The third kappa shape index (κ3) is 61.7. The third-order valence-corrected chi connectivity index (χ3v) is 14.1. The van der Waals surface area contributed by atoms with Gasteiger partial charge in [-0.3, -0.25) is 18.6 Å². The second-order valence-corrected chi connectivity index (χ2v) is 22.0. The van der Waals surface area contributed by atoms with Gasteiger partial charge in [-0.15, -0.1) is 0 Å². The predicted octanol–water partition coefficient (Wildman–Crippen LogP) is 20.2. The van der Waals surface area contributed by atoms with E-state index in [9.17, 15) is 19.0 Å². The van der Waals surface area contributed by atoms with Gasteiger partial charge in [-0.25, -0.2) is 4.57 Å². The topological polar surface area (TPSA) is 134 Å². The Morgan fingerprint density at radius 1 is 0.403 bits per heavy atom. The largest absolute Gasteiger partial charge is 0.472 e. The van der Waals surface area contributed by atoms with E-state index in [2.05, 4.69) is 123 Å². The molecular weight excluding hydrogens is 978 g/mol. The van der Waals surface area contributed by atoms with Gasteiger partial charge >= 0.3 is 19.8 Å². The highest BCUT2D eigenvalue weighted by atomic mass is 31.2. The molecule has 0 rings (SSSR count). The van der Waals surface area contributed by atoms with Gasteiger partial charge in [0.1, 0.15) is 6.61 Å². The number of allylic oxidation sites excluding steroid dienone is 18. The number of hydrogen-bond donors (Lipinski definition) is 2. The normalized spacial score (nSPS) is 13.8. The minimum Gasteiger partial charge on any atom is -0.462 e. The van der Waals surface area contributed by atoms with Gasteiger partial charge in [0.15, 0.2) is 6.10 Å². The number of rotatable bonds is 58. The summed E-state index contributed by atoms with van der Waals surface area (Å²) in [4.78, 5) is 35.3. The van der Waals surface area contributed by atoms with E-state index < -0.39 is 26.5 Å². The molecule has 77 heavy (non-hydrogen) atoms. The lowest BCUT2D eigenvalue weighted by molar-refractivity contribution is -0.161. The Morgan fingerprint density at radius 2 is 0.714 bits per heavy atom. The molecule has 0 aliphatic heterocycles. The number of nitrogens with two attached hydrogens (primary N) is 1. The van der Waals surface area contributed by atoms with Crippen molar-refractivity contribution in [3.8, 4) is 0 Å². The van der Waals surface area contributed by atoms with Crippen molar-refractivity contribution in [2.45, 2.75) is 277 Å². The van der Waals surface area contributed by atoms with Crippen LogP contribution in [-0.4, -0.2) is 49.3 Å². The van der Waals surface area contributed by atoms with Crippen LogP contribution >= 0.6 is 7.82 Å². The van der Waals surface area contributed by atoms with Gasteiger partial charge in [-0.2, -0.15) is 0 Å². The van der Waals surface area contributed by atoms with Crippen LogP contribution in [0.15, 0.2) is 109 Å². The molecule has 0 amide bonds. The van der Waals surface area contributed by atoms with Crippen LogP contribution in [0.25, 0.3) is 0 Å². The van der Waals surface area contributed by atoms with E-state index in [1.165, 1.54) is 128 Å². The maximum atomic E-state index is 12.7. The number of ether oxygens (including phenoxy) is 2. The summed E-state index contributed by atoms with van der Waals surface area (Å²) in [6.45, 7) is 3.61. The van der Waals surface area contributed by atoms with E-state index in [0.29, 0.717) is 6.42 Å². The van der Waals surface area contributed by atoms with Crippen LogP contribution in [-0.2, 0) is 32.7 Å². The molecule has 10 heteroatoms. The summed E-state index contributed by atoms with van der Waals surface area (Å²) in [5.41, 5.74) is 5.39. The first-order valence-electron chi connectivity index (χ1n) is 31.4. The van der Waals surface area contributed by atoms with Crippen LogP contribution < -0.4 is 5.73 Å². The number of phosphoric acid groups is 1. The second-order valence-electron chi connectivity index (χ2n) is 20.5. The summed E-state index contributed by atoms with van der Waals surface area (Å²) in [6, 6.07) is 0. The fourth-order valence-corrected chi connectivity index (χ4v) is 9.30. The van der Waals surface area contributed by atoms with Crippen molar-refractivity contribution < 1.29 is 37.6 Å². The molecule has 3 N–H and O–H groups in total. The molecule has 0 bridgehead atoms. The molecule has 2 unspecified atom stereocenters. The van der Waals surface area contributed by atoms with Gasteiger partial charge in [0.25, 0.3) is 0 Å². The maximum Gasteiger partial charge on any atom is 0.472 e. The second kappa shape index (κ2) is 61.9. The van der Waals surface area contributed by atoms with E-state index in [-0.39, 0.29) is 38.6 Å². The van der Waals surface area contributed by atoms with Crippen LogP contribution in [0.5, 0.6) is 0 Å². The standard InChI is InChI=1S/C67H116NO8P/c1-3-5-7-9-11-13-15-17-19-21-23-25-27-29-30-31-32-33-34-36-37-39-41-43-45-47-49-51-53-55-57-59-66(69)73-63-65(64-75-77(71,72)74-62-61-68)76-67(70)60-58-56-54-52-50-48-46-44-42-40-38-35-28-26-24-22-20-18-16-14-12-10-8-6-4-2/h6,8,12,14-15,17-18,20-21,23-24,26-27,29,35,38,42,44,65H,3-5,7,9-11,13,16,19,22,25,28,30-34,36-37,39-41,43,45-64,68H2,1-2H3,(H,71,72)/b8-6-,14-12-,17-15-,20-18-,23-21-,26-24-,29-27-,38-35-,44-42-. The molecule has 0 aliphatic carbocycles. The molecule has 0 heterocycles. The Labute approximate surface area is 473 Å². The number of unbranched alkanes of at least 4 members (excludes halogenated alkanes) is 27. The summed E-state index contributed by atoms with van der Waals surface area (Å²) < 4.78 is 33.1. The molecule has 0 spiro atoms. The molecule has 0 saturated carbocycles. The lowest BCUT2D eigenvalue weighted by atomic mass is 10.0. The summed E-state index contributed by atoms with van der Waals surface area (Å²) in [5, 5.41) is 0. The van der Waals surface area contributed by atoms with Crippen molar-refractivity contribution in [3.63, 3.8) is 0 Å². The lowest BCUT2D eigenvalue weighted by Gasteiger charge is -2.19. The maximum absolute atomic E-state index is 12.7. The zero-order chi connectivity index (χ0) is 55.9. The van der Waals surface area contributed by atoms with Crippen LogP contribution in [0.4, 0.5) is 0 Å². The smallest absolute Gasteiger partial charge is 0.462 e. The minimum atomic E-state index is -4.40. The Morgan fingerprint density at radius 3 is 1.06 bits per heavy atom.